The van der Waals surface area contributed by atoms with Crippen LogP contribution in [-0.2, 0) is 5.41 Å². The summed E-state index contributed by atoms with van der Waals surface area (Å²) in [6.07, 6.45) is 0.976. The molecule has 4 aromatic rings. The predicted octanol–water partition coefficient (Wildman–Crippen LogP) is 7.91. The Hall–Kier alpha value is -3.32. The zero-order chi connectivity index (χ0) is 22.7. The number of aromatic hydroxyl groups is 1. The normalized spacial score (nSPS) is 12.5. The predicted molar refractivity (Wildman–Crippen MR) is 135 cm³/mol. The SMILES string of the molecule is CCC(C)c1cc(C(c2ccccc2)(c2cccc(C)c2)c2cccc(C)c2)ccc1O. The van der Waals surface area contributed by atoms with Crippen molar-refractivity contribution >= 4 is 0 Å². The van der Waals surface area contributed by atoms with Crippen molar-refractivity contribution in [2.75, 3.05) is 0 Å². The molecule has 4 rings (SSSR count). The molecule has 0 aliphatic heterocycles. The largest absolute Gasteiger partial charge is 0.508 e. The third kappa shape index (κ3) is 3.84. The average Bonchev–Trinajstić information content (AvgIpc) is 2.81. The van der Waals surface area contributed by atoms with E-state index in [9.17, 15) is 5.11 Å². The second-order valence-corrected chi connectivity index (χ2v) is 8.94. The van der Waals surface area contributed by atoms with Crippen LogP contribution >= 0.6 is 0 Å². The maximum Gasteiger partial charge on any atom is 0.119 e. The smallest absolute Gasteiger partial charge is 0.119 e. The van der Waals surface area contributed by atoms with Crippen molar-refractivity contribution in [2.24, 2.45) is 0 Å². The van der Waals surface area contributed by atoms with Crippen LogP contribution < -0.4 is 0 Å². The molecule has 0 aliphatic carbocycles. The highest BCUT2D eigenvalue weighted by Crippen LogP contribution is 2.47. The fourth-order valence-electron chi connectivity index (χ4n) is 4.85. The van der Waals surface area contributed by atoms with E-state index >= 15 is 0 Å². The van der Waals surface area contributed by atoms with Gasteiger partial charge in [-0.15, -0.1) is 0 Å². The molecule has 1 nitrogen and oxygen atoms in total. The van der Waals surface area contributed by atoms with Gasteiger partial charge in [0.15, 0.2) is 0 Å². The van der Waals surface area contributed by atoms with E-state index in [1.165, 1.54) is 33.4 Å². The summed E-state index contributed by atoms with van der Waals surface area (Å²) in [6, 6.07) is 34.6. The van der Waals surface area contributed by atoms with Gasteiger partial charge in [0.25, 0.3) is 0 Å². The van der Waals surface area contributed by atoms with E-state index in [4.69, 9.17) is 0 Å². The summed E-state index contributed by atoms with van der Waals surface area (Å²) in [5, 5.41) is 10.7. The zero-order valence-corrected chi connectivity index (χ0v) is 19.5. The first-order chi connectivity index (χ1) is 15.5. The lowest BCUT2D eigenvalue weighted by atomic mass is 9.64. The van der Waals surface area contributed by atoms with Gasteiger partial charge >= 0.3 is 0 Å². The summed E-state index contributed by atoms with van der Waals surface area (Å²) in [5.74, 6) is 0.650. The number of hydrogen-bond acceptors (Lipinski definition) is 1. The van der Waals surface area contributed by atoms with Gasteiger partial charge in [-0.05, 0) is 60.1 Å². The molecule has 4 aromatic carbocycles. The Balaban J connectivity index is 2.16. The van der Waals surface area contributed by atoms with Crippen molar-refractivity contribution in [3.8, 4) is 5.75 Å². The summed E-state index contributed by atoms with van der Waals surface area (Å²) in [5.41, 5.74) is 7.84. The van der Waals surface area contributed by atoms with Gasteiger partial charge in [-0.1, -0.05) is 116 Å². The average molecular weight is 421 g/mol. The van der Waals surface area contributed by atoms with Crippen LogP contribution in [0.25, 0.3) is 0 Å². The summed E-state index contributed by atoms with van der Waals surface area (Å²) in [7, 11) is 0. The molecule has 0 radical (unpaired) electrons. The second-order valence-electron chi connectivity index (χ2n) is 8.94. The molecule has 0 saturated carbocycles. The van der Waals surface area contributed by atoms with Crippen LogP contribution in [0.5, 0.6) is 5.75 Å². The van der Waals surface area contributed by atoms with Crippen molar-refractivity contribution in [1.29, 1.82) is 0 Å². The molecule has 0 aromatic heterocycles. The molecule has 0 saturated heterocycles. The fourth-order valence-corrected chi connectivity index (χ4v) is 4.85. The second kappa shape index (κ2) is 9.04. The summed E-state index contributed by atoms with van der Waals surface area (Å²) >= 11 is 0. The van der Waals surface area contributed by atoms with Gasteiger partial charge in [0.1, 0.15) is 5.75 Å². The molecule has 1 heteroatoms. The summed E-state index contributed by atoms with van der Waals surface area (Å²) in [4.78, 5) is 0. The van der Waals surface area contributed by atoms with Crippen molar-refractivity contribution in [2.45, 2.75) is 45.4 Å². The number of aryl methyl sites for hydroxylation is 2. The van der Waals surface area contributed by atoms with Crippen LogP contribution in [0.4, 0.5) is 0 Å². The lowest BCUT2D eigenvalue weighted by molar-refractivity contribution is 0.461. The molecule has 0 aliphatic rings. The van der Waals surface area contributed by atoms with Crippen LogP contribution in [0.15, 0.2) is 97.1 Å². The number of phenols is 1. The minimum absolute atomic E-state index is 0.276. The molecule has 32 heavy (non-hydrogen) atoms. The van der Waals surface area contributed by atoms with Crippen molar-refractivity contribution in [3.63, 3.8) is 0 Å². The van der Waals surface area contributed by atoms with E-state index in [0.717, 1.165) is 12.0 Å². The summed E-state index contributed by atoms with van der Waals surface area (Å²) < 4.78 is 0. The lowest BCUT2D eigenvalue weighted by Crippen LogP contribution is -2.31. The quantitative estimate of drug-likeness (QED) is 0.314. The van der Waals surface area contributed by atoms with Crippen LogP contribution in [0.2, 0.25) is 0 Å². The molecule has 1 unspecified atom stereocenters. The van der Waals surface area contributed by atoms with Crippen LogP contribution in [0, 0.1) is 13.8 Å². The Kier molecular flexibility index (Phi) is 6.19. The molecule has 1 atom stereocenters. The zero-order valence-electron chi connectivity index (χ0n) is 19.5. The van der Waals surface area contributed by atoms with E-state index in [-0.39, 0.29) is 5.92 Å². The van der Waals surface area contributed by atoms with E-state index in [2.05, 4.69) is 119 Å². The standard InChI is InChI=1S/C31H32O/c1-5-24(4)29-21-28(17-18-30(29)32)31(25-13-7-6-8-14-25,26-15-9-11-22(2)19-26)27-16-10-12-23(3)20-27/h6-21,24,32H,5H2,1-4H3. The first-order valence-corrected chi connectivity index (χ1v) is 11.5. The number of phenolic OH excluding ortho intramolecular Hbond substituents is 1. The summed E-state index contributed by atoms with van der Waals surface area (Å²) in [6.45, 7) is 8.65. The van der Waals surface area contributed by atoms with E-state index in [1.807, 2.05) is 6.07 Å². The highest BCUT2D eigenvalue weighted by molar-refractivity contribution is 5.62. The number of benzene rings is 4. The highest BCUT2D eigenvalue weighted by atomic mass is 16.3. The first-order valence-electron chi connectivity index (χ1n) is 11.5. The maximum absolute atomic E-state index is 10.7. The van der Waals surface area contributed by atoms with Crippen molar-refractivity contribution in [3.05, 3.63) is 136 Å². The third-order valence-electron chi connectivity index (χ3n) is 6.71. The topological polar surface area (TPSA) is 20.2 Å². The molecular weight excluding hydrogens is 388 g/mol. The van der Waals surface area contributed by atoms with Crippen LogP contribution in [0.3, 0.4) is 0 Å². The molecule has 0 bridgehead atoms. The molecule has 1 N–H and O–H groups in total. The Labute approximate surface area is 192 Å². The van der Waals surface area contributed by atoms with Crippen molar-refractivity contribution < 1.29 is 5.11 Å². The number of rotatable bonds is 6. The van der Waals surface area contributed by atoms with Crippen LogP contribution in [-0.4, -0.2) is 5.11 Å². The van der Waals surface area contributed by atoms with E-state index in [1.54, 1.807) is 0 Å². The van der Waals surface area contributed by atoms with Gasteiger partial charge in [0.2, 0.25) is 0 Å². The Morgan fingerprint density at radius 1 is 0.656 bits per heavy atom. The van der Waals surface area contributed by atoms with E-state index in [0.29, 0.717) is 5.75 Å². The molecule has 0 fully saturated rings. The highest BCUT2D eigenvalue weighted by Gasteiger charge is 2.39. The number of hydrogen-bond donors (Lipinski definition) is 1. The Bertz CT molecular complexity index is 1160. The van der Waals surface area contributed by atoms with Gasteiger partial charge in [-0.25, -0.2) is 0 Å². The van der Waals surface area contributed by atoms with Gasteiger partial charge in [-0.2, -0.15) is 0 Å². The molecule has 162 valence electrons. The molecule has 0 amide bonds. The van der Waals surface area contributed by atoms with Gasteiger partial charge in [0, 0.05) is 0 Å². The molecular formula is C31H32O. The Morgan fingerprint density at radius 3 is 1.72 bits per heavy atom. The molecule has 0 heterocycles. The van der Waals surface area contributed by atoms with Gasteiger partial charge < -0.3 is 5.11 Å². The molecule has 0 spiro atoms. The lowest BCUT2D eigenvalue weighted by Gasteiger charge is -2.37. The van der Waals surface area contributed by atoms with Crippen molar-refractivity contribution in [1.82, 2.24) is 0 Å². The van der Waals surface area contributed by atoms with Gasteiger partial charge in [-0.3, -0.25) is 0 Å². The third-order valence-corrected chi connectivity index (χ3v) is 6.71. The van der Waals surface area contributed by atoms with E-state index < -0.39 is 5.41 Å². The van der Waals surface area contributed by atoms with Gasteiger partial charge in [0.05, 0.1) is 5.41 Å². The van der Waals surface area contributed by atoms with Crippen LogP contribution in [0.1, 0.15) is 65.1 Å². The Morgan fingerprint density at radius 2 is 1.19 bits per heavy atom. The maximum atomic E-state index is 10.7. The minimum atomic E-state index is -0.491. The first kappa shape index (κ1) is 21.9. The minimum Gasteiger partial charge on any atom is -0.508 e. The monoisotopic (exact) mass is 420 g/mol. The fraction of sp³-hybridized carbons (Fsp3) is 0.226.